The fourth-order valence-corrected chi connectivity index (χ4v) is 5.76. The number of aryl methyl sites for hydroxylation is 2. The molecular weight excluding hydrogens is 488 g/mol. The summed E-state index contributed by atoms with van der Waals surface area (Å²) in [4.78, 5) is 13.4. The number of hydrogen-bond acceptors (Lipinski definition) is 5. The molecule has 0 aliphatic rings. The molecule has 0 bridgehead atoms. The third kappa shape index (κ3) is 6.25. The van der Waals surface area contributed by atoms with Gasteiger partial charge in [0, 0.05) is 0 Å². The Balaban J connectivity index is 1.97. The molecule has 3 aromatic carbocycles. The molecular formula is C29H36N2O5S. The van der Waals surface area contributed by atoms with Crippen LogP contribution in [0.1, 0.15) is 55.0 Å². The van der Waals surface area contributed by atoms with E-state index in [2.05, 4.69) is 19.2 Å². The zero-order chi connectivity index (χ0) is 27.3. The molecule has 3 rings (SSSR count). The Morgan fingerprint density at radius 2 is 1.54 bits per heavy atom. The monoisotopic (exact) mass is 524 g/mol. The summed E-state index contributed by atoms with van der Waals surface area (Å²) in [6.45, 7) is 9.48. The van der Waals surface area contributed by atoms with Gasteiger partial charge in [0.25, 0.3) is 10.0 Å². The van der Waals surface area contributed by atoms with Crippen molar-refractivity contribution < 1.29 is 22.7 Å². The van der Waals surface area contributed by atoms with Crippen molar-refractivity contribution in [3.63, 3.8) is 0 Å². The summed E-state index contributed by atoms with van der Waals surface area (Å²) in [5.41, 5.74) is 4.11. The second kappa shape index (κ2) is 11.7. The minimum atomic E-state index is -4.06. The van der Waals surface area contributed by atoms with E-state index < -0.39 is 22.5 Å². The molecule has 0 aliphatic heterocycles. The van der Waals surface area contributed by atoms with Crippen molar-refractivity contribution in [3.8, 4) is 11.5 Å². The average molecular weight is 525 g/mol. The van der Waals surface area contributed by atoms with Crippen LogP contribution in [0, 0.1) is 13.8 Å². The zero-order valence-electron chi connectivity index (χ0n) is 22.5. The smallest absolute Gasteiger partial charge is 0.264 e. The highest BCUT2D eigenvalue weighted by atomic mass is 32.2. The second-order valence-corrected chi connectivity index (χ2v) is 11.3. The molecule has 0 radical (unpaired) electrons. The number of sulfonamides is 1. The van der Waals surface area contributed by atoms with Gasteiger partial charge in [0.2, 0.25) is 5.91 Å². The lowest BCUT2D eigenvalue weighted by Crippen LogP contribution is -2.42. The first-order valence-corrected chi connectivity index (χ1v) is 13.6. The van der Waals surface area contributed by atoms with Crippen molar-refractivity contribution in [2.75, 3.05) is 25.1 Å². The highest BCUT2D eigenvalue weighted by Crippen LogP contribution is 2.34. The van der Waals surface area contributed by atoms with Crippen LogP contribution in [-0.4, -0.2) is 35.1 Å². The van der Waals surface area contributed by atoms with Crippen LogP contribution in [0.25, 0.3) is 0 Å². The van der Waals surface area contributed by atoms with Crippen molar-refractivity contribution >= 4 is 21.6 Å². The van der Waals surface area contributed by atoms with E-state index in [9.17, 15) is 13.2 Å². The number of nitrogens with zero attached hydrogens (tertiary/aromatic N) is 1. The number of carbonyl (C=O) groups excluding carboxylic acids is 1. The van der Waals surface area contributed by atoms with Gasteiger partial charge in [0.05, 0.1) is 30.8 Å². The summed E-state index contributed by atoms with van der Waals surface area (Å²) in [5.74, 6) is 0.967. The van der Waals surface area contributed by atoms with Crippen LogP contribution in [0.3, 0.4) is 0 Å². The van der Waals surface area contributed by atoms with Gasteiger partial charge in [-0.05, 0) is 85.3 Å². The molecule has 1 amide bonds. The van der Waals surface area contributed by atoms with Crippen LogP contribution in [0.4, 0.5) is 5.69 Å². The van der Waals surface area contributed by atoms with Crippen LogP contribution >= 0.6 is 0 Å². The number of hydrogen-bond donors (Lipinski definition) is 1. The molecule has 0 fully saturated rings. The Labute approximate surface area is 220 Å². The van der Waals surface area contributed by atoms with Crippen molar-refractivity contribution in [2.45, 2.75) is 51.5 Å². The highest BCUT2D eigenvalue weighted by Gasteiger charge is 2.30. The minimum Gasteiger partial charge on any atom is -0.496 e. The largest absolute Gasteiger partial charge is 0.496 e. The molecule has 37 heavy (non-hydrogen) atoms. The molecule has 1 N–H and O–H groups in total. The van der Waals surface area contributed by atoms with Crippen LogP contribution in [0.15, 0.2) is 65.6 Å². The van der Waals surface area contributed by atoms with Gasteiger partial charge in [-0.2, -0.15) is 0 Å². The summed E-state index contributed by atoms with van der Waals surface area (Å²) < 4.78 is 39.6. The summed E-state index contributed by atoms with van der Waals surface area (Å²) in [6.07, 6.45) is 0. The number of anilines is 1. The Morgan fingerprint density at radius 1 is 0.892 bits per heavy atom. The van der Waals surface area contributed by atoms with Crippen molar-refractivity contribution in [3.05, 3.63) is 82.9 Å². The Hall–Kier alpha value is -3.52. The second-order valence-electron chi connectivity index (χ2n) is 9.39. The lowest BCUT2D eigenvalue weighted by Gasteiger charge is -2.27. The van der Waals surface area contributed by atoms with Gasteiger partial charge in [-0.25, -0.2) is 8.42 Å². The molecule has 7 nitrogen and oxygen atoms in total. The molecule has 0 unspecified atom stereocenters. The van der Waals surface area contributed by atoms with Crippen molar-refractivity contribution in [1.82, 2.24) is 5.32 Å². The summed E-state index contributed by atoms with van der Waals surface area (Å²) in [5, 5.41) is 2.99. The third-order valence-corrected chi connectivity index (χ3v) is 8.08. The molecule has 198 valence electrons. The van der Waals surface area contributed by atoms with Crippen molar-refractivity contribution in [1.29, 1.82) is 0 Å². The molecule has 0 aliphatic carbocycles. The standard InChI is InChI=1S/C29H36N2O5S/c1-19(2)24-17-25(21(4)16-28(24)36-7)22(5)30-29(32)18-31(26-15-20(3)13-14-27(26)35-6)37(33,34)23-11-9-8-10-12-23/h8-17,19,22H,18H2,1-7H3,(H,30,32)/t22-/m0/s1. The molecule has 0 aromatic heterocycles. The number of carbonyl (C=O) groups is 1. The van der Waals surface area contributed by atoms with Gasteiger partial charge in [0.15, 0.2) is 0 Å². The van der Waals surface area contributed by atoms with Crippen LogP contribution in [-0.2, 0) is 14.8 Å². The van der Waals surface area contributed by atoms with E-state index in [-0.39, 0.29) is 16.9 Å². The van der Waals surface area contributed by atoms with E-state index >= 15 is 0 Å². The quantitative estimate of drug-likeness (QED) is 0.378. The molecule has 1 atom stereocenters. The normalized spacial score (nSPS) is 12.2. The van der Waals surface area contributed by atoms with E-state index in [1.807, 2.05) is 39.0 Å². The first kappa shape index (κ1) is 28.1. The lowest BCUT2D eigenvalue weighted by molar-refractivity contribution is -0.120. The zero-order valence-corrected chi connectivity index (χ0v) is 23.3. The highest BCUT2D eigenvalue weighted by molar-refractivity contribution is 7.92. The van der Waals surface area contributed by atoms with Gasteiger partial charge in [-0.15, -0.1) is 0 Å². The maximum atomic E-state index is 13.7. The van der Waals surface area contributed by atoms with Crippen LogP contribution in [0.2, 0.25) is 0 Å². The Bertz CT molecular complexity index is 1350. The predicted octanol–water partition coefficient (Wildman–Crippen LogP) is 5.52. The van der Waals surface area contributed by atoms with Crippen LogP contribution in [0.5, 0.6) is 11.5 Å². The number of nitrogens with one attached hydrogen (secondary N) is 1. The fraction of sp³-hybridized carbons (Fsp3) is 0.345. The number of ether oxygens (including phenoxy) is 2. The van der Waals surface area contributed by atoms with Gasteiger partial charge in [0.1, 0.15) is 18.0 Å². The number of benzene rings is 3. The third-order valence-electron chi connectivity index (χ3n) is 6.31. The first-order valence-electron chi connectivity index (χ1n) is 12.2. The van der Waals surface area contributed by atoms with E-state index in [0.29, 0.717) is 11.4 Å². The topological polar surface area (TPSA) is 84.9 Å². The van der Waals surface area contributed by atoms with E-state index in [1.54, 1.807) is 37.4 Å². The Kier molecular flexibility index (Phi) is 8.86. The van der Waals surface area contributed by atoms with Gasteiger partial charge in [-0.3, -0.25) is 9.10 Å². The summed E-state index contributed by atoms with van der Waals surface area (Å²) in [6, 6.07) is 17.0. The number of methoxy groups -OCH3 is 2. The maximum Gasteiger partial charge on any atom is 0.264 e. The lowest BCUT2D eigenvalue weighted by atomic mass is 9.93. The maximum absolute atomic E-state index is 13.7. The van der Waals surface area contributed by atoms with E-state index in [1.165, 1.54) is 19.2 Å². The molecule has 0 saturated carbocycles. The SMILES string of the molecule is COc1cc(C)c([C@H](C)NC(=O)CN(c2cc(C)ccc2OC)S(=O)(=O)c2ccccc2)cc1C(C)C. The predicted molar refractivity (Wildman–Crippen MR) is 147 cm³/mol. The Morgan fingerprint density at radius 3 is 2.14 bits per heavy atom. The van der Waals surface area contributed by atoms with Crippen molar-refractivity contribution in [2.24, 2.45) is 0 Å². The van der Waals surface area contributed by atoms with Gasteiger partial charge in [-0.1, -0.05) is 38.1 Å². The fourth-order valence-electron chi connectivity index (χ4n) is 4.32. The van der Waals surface area contributed by atoms with Crippen LogP contribution < -0.4 is 19.1 Å². The minimum absolute atomic E-state index is 0.0898. The average Bonchev–Trinajstić information content (AvgIpc) is 2.87. The summed E-state index contributed by atoms with van der Waals surface area (Å²) in [7, 11) is -0.938. The molecule has 8 heteroatoms. The molecule has 0 saturated heterocycles. The van der Waals surface area contributed by atoms with E-state index in [4.69, 9.17) is 9.47 Å². The van der Waals surface area contributed by atoms with Gasteiger partial charge < -0.3 is 14.8 Å². The van der Waals surface area contributed by atoms with Gasteiger partial charge >= 0.3 is 0 Å². The van der Waals surface area contributed by atoms with E-state index in [0.717, 1.165) is 32.3 Å². The molecule has 0 spiro atoms. The molecule has 3 aromatic rings. The number of amides is 1. The first-order chi connectivity index (χ1) is 17.5. The number of rotatable bonds is 10. The summed E-state index contributed by atoms with van der Waals surface area (Å²) >= 11 is 0. The molecule has 0 heterocycles.